The Balaban J connectivity index is 2.11. The molecule has 0 aliphatic carbocycles. The molecular weight excluding hydrogens is 327 g/mol. The lowest BCUT2D eigenvalue weighted by Crippen LogP contribution is -2.05. The maximum atomic E-state index is 12.7. The highest BCUT2D eigenvalue weighted by Crippen LogP contribution is 3.02. The molecule has 112 valence electrons. The van der Waals surface area contributed by atoms with E-state index in [-0.39, 0.29) is 0 Å². The van der Waals surface area contributed by atoms with Crippen LogP contribution in [0.3, 0.4) is 0 Å². The molecule has 2 aromatic carbocycles. The van der Waals surface area contributed by atoms with Crippen molar-refractivity contribution in [1.82, 2.24) is 0 Å². The highest BCUT2D eigenvalue weighted by molar-refractivity contribution is 8.45. The van der Waals surface area contributed by atoms with E-state index in [4.69, 9.17) is 0 Å². The van der Waals surface area contributed by atoms with Crippen molar-refractivity contribution in [3.05, 3.63) is 60.0 Å². The van der Waals surface area contributed by atoms with Crippen LogP contribution in [-0.2, 0) is 0 Å². The number of thiophene rings is 1. The van der Waals surface area contributed by atoms with Crippen LogP contribution in [-0.4, -0.2) is 0 Å². The Bertz CT molecular complexity index is 816. The molecule has 0 fully saturated rings. The van der Waals surface area contributed by atoms with Crippen molar-refractivity contribution in [1.29, 1.82) is 0 Å². The van der Waals surface area contributed by atoms with Gasteiger partial charge in [0, 0.05) is 21.9 Å². The fourth-order valence-corrected chi connectivity index (χ4v) is 4.62. The van der Waals surface area contributed by atoms with Gasteiger partial charge in [-0.15, -0.1) is 0 Å². The van der Waals surface area contributed by atoms with Crippen molar-refractivity contribution in [3.8, 4) is 4.90 Å². The summed E-state index contributed by atoms with van der Waals surface area (Å²) >= 11 is 0. The van der Waals surface area contributed by atoms with E-state index in [1.807, 2.05) is 35.7 Å². The predicted molar refractivity (Wildman–Crippen MR) is 79.2 cm³/mol. The maximum absolute atomic E-state index is 12.7. The van der Waals surface area contributed by atoms with Gasteiger partial charge in [0.15, 0.2) is 9.60 Å². The van der Waals surface area contributed by atoms with Crippen LogP contribution >= 0.6 is 20.7 Å². The molecule has 1 atom stereocenters. The van der Waals surface area contributed by atoms with Gasteiger partial charge in [-0.1, -0.05) is 31.6 Å². The smallest absolute Gasteiger partial charge is 0.0936 e. The molecule has 0 N–H and O–H groups in total. The Labute approximate surface area is 120 Å². The molecule has 0 aliphatic rings. The lowest BCUT2D eigenvalue weighted by Gasteiger charge is -2.40. The third-order valence-electron chi connectivity index (χ3n) is 3.06. The number of hydrogen-bond donors (Lipinski definition) is 0. The quantitative estimate of drug-likeness (QED) is 0.341. The lowest BCUT2D eigenvalue weighted by atomic mass is 10.3. The van der Waals surface area contributed by atoms with Gasteiger partial charge in [-0.25, -0.2) is 0 Å². The molecule has 0 saturated heterocycles. The van der Waals surface area contributed by atoms with Crippen LogP contribution in [0.15, 0.2) is 64.9 Å². The van der Waals surface area contributed by atoms with E-state index in [1.54, 1.807) is 0 Å². The molecule has 0 nitrogen and oxygen atoms in total. The summed E-state index contributed by atoms with van der Waals surface area (Å²) in [4.78, 5) is -1.26. The maximum Gasteiger partial charge on any atom is 0.310 e. The van der Waals surface area contributed by atoms with Crippen LogP contribution < -0.4 is 0 Å². The number of benzene rings is 2. The summed E-state index contributed by atoms with van der Waals surface area (Å²) < 4.78 is 64.4. The Morgan fingerprint density at radius 3 is 1.95 bits per heavy atom. The Hall–Kier alpha value is -1.60. The van der Waals surface area contributed by atoms with Crippen LogP contribution in [0.1, 0.15) is 0 Å². The third kappa shape index (κ3) is 2.75. The minimum Gasteiger partial charge on any atom is -0.0936 e. The summed E-state index contributed by atoms with van der Waals surface area (Å²) in [5.74, 6) is 0. The minimum atomic E-state index is -9.59. The van der Waals surface area contributed by atoms with Crippen molar-refractivity contribution in [2.24, 2.45) is 0 Å². The minimum absolute atomic E-state index is 0.471. The number of fused-ring (bicyclic) bond motifs is 1. The Morgan fingerprint density at radius 2 is 1.33 bits per heavy atom. The summed E-state index contributed by atoms with van der Waals surface area (Å²) in [6.45, 7) is 0. The van der Waals surface area contributed by atoms with Crippen LogP contribution in [0.2, 0.25) is 0 Å². The summed E-state index contributed by atoms with van der Waals surface area (Å²) in [5.41, 5.74) is 0. The fourth-order valence-electron chi connectivity index (χ4n) is 2.08. The third-order valence-corrected chi connectivity index (χ3v) is 6.26. The molecule has 0 saturated carbocycles. The SMILES string of the molecule is FS(F)(F)(F)(F)c1ccc(-[s+]2ccc3ccccc32)cc1. The molecule has 0 amide bonds. The predicted octanol–water partition coefficient (Wildman–Crippen LogP) is 7.24. The average molecular weight is 337 g/mol. The monoisotopic (exact) mass is 337 g/mol. The zero-order chi connectivity index (χ0) is 15.4. The van der Waals surface area contributed by atoms with Gasteiger partial charge in [0.1, 0.15) is 10.3 Å². The van der Waals surface area contributed by atoms with Gasteiger partial charge in [0.25, 0.3) is 0 Å². The molecule has 7 heteroatoms. The molecule has 3 rings (SSSR count). The summed E-state index contributed by atoms with van der Waals surface area (Å²) in [5, 5.41) is 2.87. The fraction of sp³-hybridized carbons (Fsp3) is 0. The van der Waals surface area contributed by atoms with E-state index >= 15 is 0 Å². The van der Waals surface area contributed by atoms with Crippen molar-refractivity contribution in [2.75, 3.05) is 0 Å². The van der Waals surface area contributed by atoms with Gasteiger partial charge in [0.05, 0.1) is 0 Å². The first kappa shape index (κ1) is 14.3. The molecule has 21 heavy (non-hydrogen) atoms. The van der Waals surface area contributed by atoms with Gasteiger partial charge >= 0.3 is 10.2 Å². The van der Waals surface area contributed by atoms with Crippen molar-refractivity contribution in [2.45, 2.75) is 4.90 Å². The zero-order valence-corrected chi connectivity index (χ0v) is 12.1. The van der Waals surface area contributed by atoms with E-state index in [1.165, 1.54) is 0 Å². The van der Waals surface area contributed by atoms with Crippen LogP contribution in [0.25, 0.3) is 15.0 Å². The van der Waals surface area contributed by atoms with Crippen molar-refractivity contribution < 1.29 is 19.4 Å². The largest absolute Gasteiger partial charge is 0.310 e. The van der Waals surface area contributed by atoms with Gasteiger partial charge < -0.3 is 0 Å². The van der Waals surface area contributed by atoms with Gasteiger partial charge in [-0.05, 0) is 36.4 Å². The summed E-state index contributed by atoms with van der Waals surface area (Å²) in [6, 6.07) is 12.6. The molecule has 0 aliphatic heterocycles. The van der Waals surface area contributed by atoms with Crippen LogP contribution in [0, 0.1) is 0 Å². The molecule has 0 radical (unpaired) electrons. The first-order valence-corrected chi connectivity index (χ1v) is 9.13. The van der Waals surface area contributed by atoms with Gasteiger partial charge in [-0.2, -0.15) is 0 Å². The Kier molecular flexibility index (Phi) is 2.58. The molecule has 1 aromatic heterocycles. The summed E-state index contributed by atoms with van der Waals surface area (Å²) in [7, 11) is -10.1. The van der Waals surface area contributed by atoms with E-state index in [9.17, 15) is 19.4 Å². The standard InChI is InChI=1S/C14H10F5S2/c15-21(16,17,18,19)13-7-5-12(6-8-13)20-10-9-11-3-1-2-4-14(11)20/h1-10H/q+1. The van der Waals surface area contributed by atoms with Crippen LogP contribution in [0.4, 0.5) is 19.4 Å². The first-order valence-electron chi connectivity index (χ1n) is 5.89. The molecule has 0 bridgehead atoms. The molecule has 3 aromatic rings. The molecular formula is C14H10F5S2+. The lowest BCUT2D eigenvalue weighted by molar-refractivity contribution is 0.364. The second-order valence-electron chi connectivity index (χ2n) is 4.62. The normalized spacial score (nSPS) is 16.5. The molecule has 1 unspecified atom stereocenters. The summed E-state index contributed by atoms with van der Waals surface area (Å²) in [6.07, 6.45) is 0. The molecule has 0 spiro atoms. The van der Waals surface area contributed by atoms with E-state index in [0.29, 0.717) is 17.0 Å². The zero-order valence-electron chi connectivity index (χ0n) is 10.5. The number of hydrogen-bond acceptors (Lipinski definition) is 0. The highest BCUT2D eigenvalue weighted by atomic mass is 32.5. The van der Waals surface area contributed by atoms with E-state index < -0.39 is 25.6 Å². The van der Waals surface area contributed by atoms with E-state index in [2.05, 4.69) is 0 Å². The topological polar surface area (TPSA) is 0 Å². The second kappa shape index (κ2) is 3.78. The van der Waals surface area contributed by atoms with E-state index in [0.717, 1.165) is 22.2 Å². The van der Waals surface area contributed by atoms with Crippen molar-refractivity contribution in [3.63, 3.8) is 0 Å². The van der Waals surface area contributed by atoms with Gasteiger partial charge in [-0.3, -0.25) is 0 Å². The number of rotatable bonds is 2. The van der Waals surface area contributed by atoms with Crippen molar-refractivity contribution >= 4 is 30.8 Å². The van der Waals surface area contributed by atoms with Crippen LogP contribution in [0.5, 0.6) is 0 Å². The molecule has 1 heterocycles. The number of halogens is 5. The first-order chi connectivity index (χ1) is 9.54. The van der Waals surface area contributed by atoms with Gasteiger partial charge in [0.2, 0.25) is 0 Å². The average Bonchev–Trinajstić information content (AvgIpc) is 2.80. The second-order valence-corrected chi connectivity index (χ2v) is 8.89. The Morgan fingerprint density at radius 1 is 0.714 bits per heavy atom. The highest BCUT2D eigenvalue weighted by Gasteiger charge is 2.65.